The average molecular weight is 368 g/mol. The molecule has 142 valence electrons. The number of hydrogen-bond donors (Lipinski definition) is 3. The maximum absolute atomic E-state index is 12.5. The molecule has 3 N–H and O–H groups in total. The first-order valence-electron chi connectivity index (χ1n) is 8.98. The third-order valence-corrected chi connectivity index (χ3v) is 4.68. The van der Waals surface area contributed by atoms with Crippen LogP contribution in [0.5, 0.6) is 0 Å². The molecule has 2 aromatic rings. The van der Waals surface area contributed by atoms with Gasteiger partial charge in [-0.3, -0.25) is 9.78 Å². The molecule has 2 heterocycles. The molecular weight excluding hydrogens is 344 g/mol. The van der Waals surface area contributed by atoms with E-state index in [9.17, 15) is 9.59 Å². The van der Waals surface area contributed by atoms with Crippen molar-refractivity contribution in [1.29, 1.82) is 0 Å². The van der Waals surface area contributed by atoms with Crippen molar-refractivity contribution < 1.29 is 9.59 Å². The largest absolute Gasteiger partial charge is 0.355 e. The molecule has 1 fully saturated rings. The van der Waals surface area contributed by atoms with Gasteiger partial charge in [0.15, 0.2) is 0 Å². The van der Waals surface area contributed by atoms with Gasteiger partial charge < -0.3 is 20.9 Å². The van der Waals surface area contributed by atoms with Crippen LogP contribution in [-0.4, -0.2) is 48.1 Å². The average Bonchev–Trinajstić information content (AvgIpc) is 2.70. The van der Waals surface area contributed by atoms with E-state index < -0.39 is 0 Å². The van der Waals surface area contributed by atoms with Gasteiger partial charge in [-0.1, -0.05) is 6.07 Å². The van der Waals surface area contributed by atoms with E-state index in [4.69, 9.17) is 0 Å². The van der Waals surface area contributed by atoms with Crippen LogP contribution in [0.4, 0.5) is 16.3 Å². The molecule has 1 atom stereocenters. The van der Waals surface area contributed by atoms with Crippen molar-refractivity contribution in [1.82, 2.24) is 20.6 Å². The normalized spacial score (nSPS) is 16.5. The second-order valence-corrected chi connectivity index (χ2v) is 6.50. The first kappa shape index (κ1) is 18.6. The fourth-order valence-corrected chi connectivity index (χ4v) is 3.25. The predicted octanol–water partition coefficient (Wildman–Crippen LogP) is 1.94. The molecule has 0 unspecified atom stereocenters. The number of carbonyl (C=O) groups excluding carboxylic acids is 2. The smallest absolute Gasteiger partial charge is 0.319 e. The predicted molar refractivity (Wildman–Crippen MR) is 104 cm³/mol. The molecule has 0 saturated carbocycles. The van der Waals surface area contributed by atoms with Gasteiger partial charge in [-0.15, -0.1) is 0 Å². The highest BCUT2D eigenvalue weighted by Crippen LogP contribution is 2.20. The van der Waals surface area contributed by atoms with Crippen molar-refractivity contribution >= 4 is 23.4 Å². The number of carbonyl (C=O) groups is 2. The molecule has 0 spiro atoms. The zero-order chi connectivity index (χ0) is 19.2. The molecule has 1 saturated heterocycles. The van der Waals surface area contributed by atoms with E-state index in [1.54, 1.807) is 43.8 Å². The van der Waals surface area contributed by atoms with Gasteiger partial charge in [-0.2, -0.15) is 0 Å². The van der Waals surface area contributed by atoms with Crippen LogP contribution < -0.4 is 20.9 Å². The third kappa shape index (κ3) is 4.52. The molecule has 1 aromatic heterocycles. The number of piperidine rings is 1. The van der Waals surface area contributed by atoms with E-state index in [0.717, 1.165) is 30.8 Å². The Hall–Kier alpha value is -3.16. The Balaban J connectivity index is 1.62. The van der Waals surface area contributed by atoms with Crippen molar-refractivity contribution in [2.75, 3.05) is 30.4 Å². The highest BCUT2D eigenvalue weighted by atomic mass is 16.2. The van der Waals surface area contributed by atoms with Gasteiger partial charge >= 0.3 is 6.03 Å². The Bertz CT molecular complexity index is 811. The SMILES string of the molecule is CNC(=O)c1cccc(NC(=O)N[C@H]2CCCN(c3cnccn3)C2)c1C. The van der Waals surface area contributed by atoms with E-state index in [1.807, 2.05) is 6.92 Å². The lowest BCUT2D eigenvalue weighted by atomic mass is 10.1. The number of nitrogens with zero attached hydrogens (tertiary/aromatic N) is 3. The Morgan fingerprint density at radius 1 is 1.26 bits per heavy atom. The van der Waals surface area contributed by atoms with Crippen molar-refractivity contribution in [2.45, 2.75) is 25.8 Å². The summed E-state index contributed by atoms with van der Waals surface area (Å²) in [5, 5.41) is 8.48. The number of nitrogens with one attached hydrogen (secondary N) is 3. The summed E-state index contributed by atoms with van der Waals surface area (Å²) in [4.78, 5) is 34.9. The minimum atomic E-state index is -0.279. The van der Waals surface area contributed by atoms with Gasteiger partial charge in [0.2, 0.25) is 0 Å². The third-order valence-electron chi connectivity index (χ3n) is 4.68. The Morgan fingerprint density at radius 3 is 2.85 bits per heavy atom. The summed E-state index contributed by atoms with van der Waals surface area (Å²) in [7, 11) is 1.58. The molecule has 0 bridgehead atoms. The standard InChI is InChI=1S/C19H24N6O2/c1-13-15(18(26)20-2)6-3-7-16(13)24-19(27)23-14-5-4-10-25(12-14)17-11-21-8-9-22-17/h3,6-9,11,14H,4-5,10,12H2,1-2H3,(H,20,26)(H2,23,24,27)/t14-/m0/s1. The lowest BCUT2D eigenvalue weighted by molar-refractivity contribution is 0.0962. The molecule has 8 heteroatoms. The zero-order valence-corrected chi connectivity index (χ0v) is 15.5. The summed E-state index contributed by atoms with van der Waals surface area (Å²) in [6.45, 7) is 3.39. The Kier molecular flexibility index (Phi) is 5.85. The first-order chi connectivity index (χ1) is 13.1. The topological polar surface area (TPSA) is 99.2 Å². The molecule has 3 amide bonds. The number of hydrogen-bond acceptors (Lipinski definition) is 5. The maximum Gasteiger partial charge on any atom is 0.319 e. The second kappa shape index (κ2) is 8.48. The monoisotopic (exact) mass is 368 g/mol. The van der Waals surface area contributed by atoms with Crippen LogP contribution in [0.3, 0.4) is 0 Å². The number of aromatic nitrogens is 2. The zero-order valence-electron chi connectivity index (χ0n) is 15.5. The minimum Gasteiger partial charge on any atom is -0.355 e. The van der Waals surface area contributed by atoms with Crippen LogP contribution in [0.2, 0.25) is 0 Å². The Labute approximate surface area is 158 Å². The molecule has 1 aliphatic rings. The van der Waals surface area contributed by atoms with Gasteiger partial charge in [0.1, 0.15) is 5.82 Å². The van der Waals surface area contributed by atoms with Gasteiger partial charge in [0.25, 0.3) is 5.91 Å². The van der Waals surface area contributed by atoms with Crippen molar-refractivity contribution in [3.63, 3.8) is 0 Å². The molecule has 1 aliphatic heterocycles. The quantitative estimate of drug-likeness (QED) is 0.766. The molecule has 0 radical (unpaired) electrons. The fraction of sp³-hybridized carbons (Fsp3) is 0.368. The molecule has 0 aliphatic carbocycles. The summed E-state index contributed by atoms with van der Waals surface area (Å²) in [6.07, 6.45) is 6.91. The number of rotatable bonds is 4. The number of benzene rings is 1. The lowest BCUT2D eigenvalue weighted by Crippen LogP contribution is -2.49. The van der Waals surface area contributed by atoms with E-state index in [0.29, 0.717) is 17.8 Å². The molecule has 8 nitrogen and oxygen atoms in total. The fourth-order valence-electron chi connectivity index (χ4n) is 3.25. The van der Waals surface area contributed by atoms with Gasteiger partial charge in [0, 0.05) is 49.8 Å². The maximum atomic E-state index is 12.5. The summed E-state index contributed by atoms with van der Waals surface area (Å²) >= 11 is 0. The van der Waals surface area contributed by atoms with E-state index >= 15 is 0 Å². The number of anilines is 2. The van der Waals surface area contributed by atoms with E-state index in [2.05, 4.69) is 30.8 Å². The van der Waals surface area contributed by atoms with Crippen molar-refractivity contribution in [3.8, 4) is 0 Å². The summed E-state index contributed by atoms with van der Waals surface area (Å²) in [5.74, 6) is 0.641. The number of urea groups is 1. The second-order valence-electron chi connectivity index (χ2n) is 6.50. The van der Waals surface area contributed by atoms with Crippen LogP contribution >= 0.6 is 0 Å². The summed E-state index contributed by atoms with van der Waals surface area (Å²) in [5.41, 5.74) is 1.90. The molecule has 1 aromatic carbocycles. The van der Waals surface area contributed by atoms with Crippen molar-refractivity contribution in [3.05, 3.63) is 47.9 Å². The van der Waals surface area contributed by atoms with Crippen LogP contribution in [0, 0.1) is 6.92 Å². The van der Waals surface area contributed by atoms with Gasteiger partial charge in [-0.05, 0) is 37.5 Å². The first-order valence-corrected chi connectivity index (χ1v) is 8.98. The van der Waals surface area contributed by atoms with Gasteiger partial charge in [-0.25, -0.2) is 9.78 Å². The van der Waals surface area contributed by atoms with Crippen molar-refractivity contribution in [2.24, 2.45) is 0 Å². The summed E-state index contributed by atoms with van der Waals surface area (Å²) < 4.78 is 0. The molecular formula is C19H24N6O2. The highest BCUT2D eigenvalue weighted by Gasteiger charge is 2.22. The summed E-state index contributed by atoms with van der Waals surface area (Å²) in [6, 6.07) is 5.01. The van der Waals surface area contributed by atoms with Crippen LogP contribution in [-0.2, 0) is 0 Å². The minimum absolute atomic E-state index is 0.0168. The molecule has 27 heavy (non-hydrogen) atoms. The lowest BCUT2D eigenvalue weighted by Gasteiger charge is -2.33. The Morgan fingerprint density at radius 2 is 2.11 bits per heavy atom. The molecule has 3 rings (SSSR count). The van der Waals surface area contributed by atoms with E-state index in [1.165, 1.54) is 0 Å². The van der Waals surface area contributed by atoms with Crippen LogP contribution in [0.1, 0.15) is 28.8 Å². The van der Waals surface area contributed by atoms with Gasteiger partial charge in [0.05, 0.1) is 6.20 Å². The van der Waals surface area contributed by atoms with E-state index in [-0.39, 0.29) is 18.0 Å². The van der Waals surface area contributed by atoms with Crippen LogP contribution in [0.25, 0.3) is 0 Å². The highest BCUT2D eigenvalue weighted by molar-refractivity contribution is 5.98. The van der Waals surface area contributed by atoms with Crippen LogP contribution in [0.15, 0.2) is 36.8 Å². The number of amides is 3.